The van der Waals surface area contributed by atoms with Crippen molar-refractivity contribution in [3.8, 4) is 5.75 Å². The van der Waals surface area contributed by atoms with Gasteiger partial charge in [-0.05, 0) is 50.2 Å². The van der Waals surface area contributed by atoms with Crippen molar-refractivity contribution in [1.29, 1.82) is 0 Å². The Morgan fingerprint density at radius 2 is 1.53 bits per heavy atom. The summed E-state index contributed by atoms with van der Waals surface area (Å²) in [5, 5.41) is 7.09. The van der Waals surface area contributed by atoms with Gasteiger partial charge in [-0.3, -0.25) is 14.3 Å². The number of anilines is 3. The summed E-state index contributed by atoms with van der Waals surface area (Å²) in [7, 11) is -3.43. The highest BCUT2D eigenvalue weighted by Crippen LogP contribution is 2.22. The zero-order valence-corrected chi connectivity index (χ0v) is 19.3. The molecule has 0 unspecified atom stereocenters. The third-order valence-corrected chi connectivity index (χ3v) is 5.51. The Morgan fingerprint density at radius 3 is 2.22 bits per heavy atom. The van der Waals surface area contributed by atoms with Crippen LogP contribution in [0.2, 0.25) is 0 Å². The average Bonchev–Trinajstić information content (AvgIpc) is 3.17. The van der Waals surface area contributed by atoms with Crippen LogP contribution in [0.15, 0.2) is 60.0 Å². The number of amides is 2. The maximum atomic E-state index is 12.6. The van der Waals surface area contributed by atoms with Crippen molar-refractivity contribution in [2.24, 2.45) is 0 Å². The van der Waals surface area contributed by atoms with Gasteiger partial charge in [0.2, 0.25) is 10.0 Å². The molecule has 0 bridgehead atoms. The van der Waals surface area contributed by atoms with Crippen LogP contribution in [0.25, 0.3) is 0 Å². The lowest BCUT2D eigenvalue weighted by atomic mass is 10.2. The summed E-state index contributed by atoms with van der Waals surface area (Å²) >= 11 is 1.13. The Hall–Kier alpha value is -3.37. The first kappa shape index (κ1) is 23.3. The summed E-state index contributed by atoms with van der Waals surface area (Å²) < 4.78 is 30.7. The predicted octanol–water partition coefficient (Wildman–Crippen LogP) is 4.41. The lowest BCUT2D eigenvalue weighted by Crippen LogP contribution is -2.13. The molecule has 0 saturated heterocycles. The fourth-order valence-electron chi connectivity index (χ4n) is 2.76. The number of thiophene rings is 1. The topological polar surface area (TPSA) is 114 Å². The van der Waals surface area contributed by atoms with E-state index in [-0.39, 0.29) is 12.0 Å². The lowest BCUT2D eigenvalue weighted by molar-refractivity contribution is 0.102. The molecule has 2 amide bonds. The second kappa shape index (κ2) is 9.84. The van der Waals surface area contributed by atoms with Gasteiger partial charge in [0.1, 0.15) is 5.75 Å². The molecule has 0 radical (unpaired) electrons. The van der Waals surface area contributed by atoms with Crippen molar-refractivity contribution < 1.29 is 22.7 Å². The van der Waals surface area contributed by atoms with Crippen molar-refractivity contribution >= 4 is 50.2 Å². The Morgan fingerprint density at radius 1 is 0.906 bits per heavy atom. The van der Waals surface area contributed by atoms with E-state index >= 15 is 0 Å². The number of hydrogen-bond donors (Lipinski definition) is 3. The monoisotopic (exact) mass is 473 g/mol. The highest BCUT2D eigenvalue weighted by atomic mass is 32.2. The third kappa shape index (κ3) is 6.82. The molecule has 1 aromatic heterocycles. The van der Waals surface area contributed by atoms with E-state index in [0.717, 1.165) is 17.6 Å². The van der Waals surface area contributed by atoms with E-state index in [1.165, 1.54) is 12.1 Å². The number of rotatable bonds is 8. The van der Waals surface area contributed by atoms with Crippen molar-refractivity contribution in [3.05, 3.63) is 70.4 Å². The first-order valence-electron chi connectivity index (χ1n) is 9.65. The zero-order chi connectivity index (χ0) is 23.3. The molecule has 3 rings (SSSR count). The molecule has 0 aliphatic heterocycles. The number of nitrogens with one attached hydrogen (secondary N) is 3. The molecule has 0 fully saturated rings. The number of hydrogen-bond acceptors (Lipinski definition) is 6. The molecule has 0 saturated carbocycles. The molecule has 0 spiro atoms. The maximum absolute atomic E-state index is 12.6. The first-order valence-corrected chi connectivity index (χ1v) is 12.4. The van der Waals surface area contributed by atoms with Crippen LogP contribution in [0.5, 0.6) is 5.75 Å². The predicted molar refractivity (Wildman–Crippen MR) is 127 cm³/mol. The van der Waals surface area contributed by atoms with E-state index in [0.29, 0.717) is 33.3 Å². The van der Waals surface area contributed by atoms with Crippen molar-refractivity contribution in [1.82, 2.24) is 0 Å². The molecule has 3 aromatic rings. The van der Waals surface area contributed by atoms with Crippen LogP contribution >= 0.6 is 11.3 Å². The minimum absolute atomic E-state index is 0.0155. The van der Waals surface area contributed by atoms with E-state index in [1.807, 2.05) is 19.9 Å². The van der Waals surface area contributed by atoms with Gasteiger partial charge in [0, 0.05) is 22.8 Å². The van der Waals surface area contributed by atoms with Crippen LogP contribution < -0.4 is 20.1 Å². The molecule has 10 heteroatoms. The third-order valence-electron chi connectivity index (χ3n) is 3.97. The van der Waals surface area contributed by atoms with Crippen LogP contribution in [0.3, 0.4) is 0 Å². The van der Waals surface area contributed by atoms with Crippen LogP contribution in [0.4, 0.5) is 17.1 Å². The number of sulfonamides is 1. The summed E-state index contributed by atoms with van der Waals surface area (Å²) in [6, 6.07) is 14.9. The smallest absolute Gasteiger partial charge is 0.265 e. The highest BCUT2D eigenvalue weighted by Gasteiger charge is 2.15. The van der Waals surface area contributed by atoms with Gasteiger partial charge in [0.15, 0.2) is 0 Å². The molecule has 0 aliphatic rings. The summed E-state index contributed by atoms with van der Waals surface area (Å²) in [6.45, 7) is 3.84. The molecule has 2 aromatic carbocycles. The zero-order valence-electron chi connectivity index (χ0n) is 17.7. The van der Waals surface area contributed by atoms with E-state index < -0.39 is 15.9 Å². The molecular formula is C22H23N3O5S2. The fourth-order valence-corrected chi connectivity index (χ4v) is 4.10. The normalized spacial score (nSPS) is 11.1. The number of carbonyl (C=O) groups is 2. The summed E-state index contributed by atoms with van der Waals surface area (Å²) in [4.78, 5) is 25.5. The SMILES string of the molecule is CC(C)Oc1cccc(NC(=O)c2csc(C(=O)Nc3cccc(NS(C)(=O)=O)c3)c2)c1. The largest absolute Gasteiger partial charge is 0.491 e. The molecular weight excluding hydrogens is 450 g/mol. The van der Waals surface area contributed by atoms with Gasteiger partial charge in [-0.1, -0.05) is 12.1 Å². The Bertz CT molecular complexity index is 1240. The van der Waals surface area contributed by atoms with E-state index in [2.05, 4.69) is 15.4 Å². The van der Waals surface area contributed by atoms with Gasteiger partial charge in [0.25, 0.3) is 11.8 Å². The summed E-state index contributed by atoms with van der Waals surface area (Å²) in [6.07, 6.45) is 1.06. The van der Waals surface area contributed by atoms with Crippen molar-refractivity contribution in [2.45, 2.75) is 20.0 Å². The fraction of sp³-hybridized carbons (Fsp3) is 0.182. The first-order chi connectivity index (χ1) is 15.1. The molecule has 1 heterocycles. The van der Waals surface area contributed by atoms with E-state index in [9.17, 15) is 18.0 Å². The standard InChI is InChI=1S/C22H23N3O5S2/c1-14(2)30-19-9-5-7-17(12-19)23-21(26)15-10-20(31-13-15)22(27)24-16-6-4-8-18(11-16)25-32(3,28)29/h4-14,25H,1-3H3,(H,23,26)(H,24,27). The number of carbonyl (C=O) groups excluding carboxylic acids is 2. The molecule has 168 valence electrons. The minimum Gasteiger partial charge on any atom is -0.491 e. The summed E-state index contributed by atoms with van der Waals surface area (Å²) in [5.74, 6) is -0.102. The molecule has 0 aliphatic carbocycles. The minimum atomic E-state index is -3.43. The highest BCUT2D eigenvalue weighted by molar-refractivity contribution is 7.92. The Kier molecular flexibility index (Phi) is 7.16. The molecule has 0 atom stereocenters. The quantitative estimate of drug-likeness (QED) is 0.448. The Labute approximate surface area is 190 Å². The van der Waals surface area contributed by atoms with Gasteiger partial charge in [0.05, 0.1) is 28.5 Å². The van der Waals surface area contributed by atoms with Gasteiger partial charge in [-0.15, -0.1) is 11.3 Å². The van der Waals surface area contributed by atoms with Crippen LogP contribution in [0, 0.1) is 0 Å². The number of ether oxygens (including phenoxy) is 1. The lowest BCUT2D eigenvalue weighted by Gasteiger charge is -2.11. The second-order valence-corrected chi connectivity index (χ2v) is 9.92. The second-order valence-electron chi connectivity index (χ2n) is 7.26. The van der Waals surface area contributed by atoms with Crippen LogP contribution in [-0.4, -0.2) is 32.6 Å². The van der Waals surface area contributed by atoms with E-state index in [4.69, 9.17) is 4.74 Å². The van der Waals surface area contributed by atoms with Gasteiger partial charge in [-0.25, -0.2) is 8.42 Å². The Balaban J connectivity index is 1.66. The molecule has 8 nitrogen and oxygen atoms in total. The van der Waals surface area contributed by atoms with Gasteiger partial charge >= 0.3 is 0 Å². The van der Waals surface area contributed by atoms with Crippen molar-refractivity contribution in [3.63, 3.8) is 0 Å². The maximum Gasteiger partial charge on any atom is 0.265 e. The van der Waals surface area contributed by atoms with Crippen LogP contribution in [-0.2, 0) is 10.0 Å². The molecule has 32 heavy (non-hydrogen) atoms. The average molecular weight is 474 g/mol. The molecule has 3 N–H and O–H groups in total. The van der Waals surface area contributed by atoms with Crippen LogP contribution in [0.1, 0.15) is 33.9 Å². The van der Waals surface area contributed by atoms with E-state index in [1.54, 1.807) is 41.8 Å². The van der Waals surface area contributed by atoms with Gasteiger partial charge in [-0.2, -0.15) is 0 Å². The number of benzene rings is 2. The van der Waals surface area contributed by atoms with Crippen molar-refractivity contribution in [2.75, 3.05) is 21.6 Å². The van der Waals surface area contributed by atoms with Gasteiger partial charge < -0.3 is 15.4 Å². The summed E-state index contributed by atoms with van der Waals surface area (Å²) in [5.41, 5.74) is 1.69.